The number of hydrogen-bond donors (Lipinski definition) is 7. The predicted molar refractivity (Wildman–Crippen MR) is 241 cm³/mol. The number of benzene rings is 4. The second-order valence-electron chi connectivity index (χ2n) is 14.0. The number of hydrogen-bond acceptors (Lipinski definition) is 11. The molecule has 0 saturated heterocycles. The highest BCUT2D eigenvalue weighted by molar-refractivity contribution is 6.31. The Balaban J connectivity index is 0.000000255. The fourth-order valence-electron chi connectivity index (χ4n) is 6.17. The average molecular weight is 887 g/mol. The largest absolute Gasteiger partial charge is 0.330 e. The molecule has 326 valence electrons. The molecule has 0 spiro atoms. The smallest absolute Gasteiger partial charge is 0.239 e. The molecule has 0 bridgehead atoms. The first-order valence-electron chi connectivity index (χ1n) is 20.0. The third-order valence-corrected chi connectivity index (χ3v) is 9.61. The first-order chi connectivity index (χ1) is 29.8. The number of anilines is 4. The van der Waals surface area contributed by atoms with Crippen LogP contribution < -0.4 is 37.6 Å². The molecule has 8 N–H and O–H groups in total. The van der Waals surface area contributed by atoms with Crippen LogP contribution >= 0.6 is 23.2 Å². The molecule has 4 aromatic carbocycles. The van der Waals surface area contributed by atoms with Crippen LogP contribution in [0, 0.1) is 0 Å². The van der Waals surface area contributed by atoms with Gasteiger partial charge in [0.25, 0.3) is 0 Å². The molecule has 2 aliphatic carbocycles. The number of halogens is 2. The number of nitrogens with two attached hydrogens (primary N) is 1. The van der Waals surface area contributed by atoms with Crippen LogP contribution in [0.5, 0.6) is 0 Å². The second-order valence-corrected chi connectivity index (χ2v) is 14.5. The lowest BCUT2D eigenvalue weighted by Gasteiger charge is -2.19. The zero-order valence-electron chi connectivity index (χ0n) is 34.6. The van der Waals surface area contributed by atoms with Crippen molar-refractivity contribution in [1.82, 2.24) is 10.6 Å². The number of fused-ring (bicyclic) bond motifs is 4. The van der Waals surface area contributed by atoms with Crippen LogP contribution in [-0.2, 0) is 19.2 Å². The van der Waals surface area contributed by atoms with Crippen molar-refractivity contribution < 1.29 is 38.4 Å². The molecule has 15 nitrogen and oxygen atoms in total. The topological polar surface area (TPSA) is 235 Å². The van der Waals surface area contributed by atoms with Gasteiger partial charge in [0.1, 0.15) is 11.8 Å². The maximum absolute atomic E-state index is 13.1. The normalized spacial score (nSPS) is 11.9. The van der Waals surface area contributed by atoms with Crippen molar-refractivity contribution in [1.29, 1.82) is 0 Å². The molecular formula is C45H49Cl2N7O8. The number of amides is 4. The Kier molecular flexibility index (Phi) is 18.6. The van der Waals surface area contributed by atoms with Crippen molar-refractivity contribution in [3.8, 4) is 0 Å². The lowest BCUT2D eigenvalue weighted by molar-refractivity contribution is -0.116. The summed E-state index contributed by atoms with van der Waals surface area (Å²) in [4.78, 5) is 98.6. The van der Waals surface area contributed by atoms with E-state index in [0.717, 1.165) is 38.9 Å². The molecule has 0 radical (unpaired) electrons. The van der Waals surface area contributed by atoms with E-state index in [9.17, 15) is 38.4 Å². The predicted octanol–water partition coefficient (Wildman–Crippen LogP) is 5.51. The van der Waals surface area contributed by atoms with E-state index in [1.54, 1.807) is 24.3 Å². The molecule has 0 saturated carbocycles. The molecule has 2 aliphatic rings. The minimum atomic E-state index is -0.423. The van der Waals surface area contributed by atoms with Gasteiger partial charge in [-0.2, -0.15) is 0 Å². The van der Waals surface area contributed by atoms with Gasteiger partial charge in [0.2, 0.25) is 23.6 Å². The van der Waals surface area contributed by atoms with Gasteiger partial charge in [-0.25, -0.2) is 0 Å². The number of ketones is 4. The average Bonchev–Trinajstić information content (AvgIpc) is 3.27. The summed E-state index contributed by atoms with van der Waals surface area (Å²) in [7, 11) is 0. The first-order valence-corrected chi connectivity index (χ1v) is 21.0. The Morgan fingerprint density at radius 1 is 0.435 bits per heavy atom. The SMILES string of the molecule is CCCN.CCCNCC(=O)Nc1ccc2c(c1)C(=O)c1cc(NC(=O)CNCCC)ccc1C2=O.O=C(CCl)Nc1ccc2c(c1)C(=O)c1cc(NC(=O)CCl)ccc1C2=O. The number of carbonyl (C=O) groups excluding carboxylic acids is 8. The van der Waals surface area contributed by atoms with E-state index in [-0.39, 0.29) is 93.2 Å². The van der Waals surface area contributed by atoms with Gasteiger partial charge in [0, 0.05) is 67.3 Å². The van der Waals surface area contributed by atoms with Gasteiger partial charge in [-0.1, -0.05) is 20.8 Å². The van der Waals surface area contributed by atoms with Crippen LogP contribution in [0.3, 0.4) is 0 Å². The molecule has 0 unspecified atom stereocenters. The summed E-state index contributed by atoms with van der Waals surface area (Å²) in [5.41, 5.74) is 8.57. The van der Waals surface area contributed by atoms with Crippen LogP contribution in [0.4, 0.5) is 22.7 Å². The monoisotopic (exact) mass is 885 g/mol. The number of nitrogens with one attached hydrogen (secondary N) is 6. The van der Waals surface area contributed by atoms with Gasteiger partial charge in [-0.05, 0) is 112 Å². The van der Waals surface area contributed by atoms with E-state index in [2.05, 4.69) is 38.8 Å². The van der Waals surface area contributed by atoms with E-state index < -0.39 is 11.8 Å². The Hall–Kier alpha value is -6.10. The third-order valence-electron chi connectivity index (χ3n) is 9.13. The molecular weight excluding hydrogens is 837 g/mol. The van der Waals surface area contributed by atoms with E-state index in [1.165, 1.54) is 48.5 Å². The van der Waals surface area contributed by atoms with E-state index in [4.69, 9.17) is 28.9 Å². The van der Waals surface area contributed by atoms with Crippen LogP contribution in [0.25, 0.3) is 0 Å². The Labute approximate surface area is 369 Å². The van der Waals surface area contributed by atoms with Crippen molar-refractivity contribution in [2.45, 2.75) is 40.0 Å². The van der Waals surface area contributed by atoms with Crippen molar-refractivity contribution in [3.63, 3.8) is 0 Å². The van der Waals surface area contributed by atoms with Crippen LogP contribution in [-0.4, -0.2) is 91.2 Å². The van der Waals surface area contributed by atoms with Crippen LogP contribution in [0.15, 0.2) is 72.8 Å². The fraction of sp³-hybridized carbons (Fsp3) is 0.289. The van der Waals surface area contributed by atoms with Crippen molar-refractivity contribution in [3.05, 3.63) is 117 Å². The Bertz CT molecular complexity index is 2210. The number of carbonyl (C=O) groups is 8. The fourth-order valence-corrected chi connectivity index (χ4v) is 6.30. The summed E-state index contributed by atoms with van der Waals surface area (Å²) in [5, 5.41) is 16.6. The summed E-state index contributed by atoms with van der Waals surface area (Å²) in [5.74, 6) is -3.02. The van der Waals surface area contributed by atoms with Crippen molar-refractivity contribution >= 4 is 92.7 Å². The van der Waals surface area contributed by atoms with E-state index >= 15 is 0 Å². The Morgan fingerprint density at radius 3 is 0.935 bits per heavy atom. The summed E-state index contributed by atoms with van der Waals surface area (Å²) in [6.45, 7) is 8.68. The highest BCUT2D eigenvalue weighted by Gasteiger charge is 2.32. The number of rotatable bonds is 15. The third kappa shape index (κ3) is 12.7. The standard InChI is InChI=1S/C24H28N4O4.C18H12Cl2N2O4.C3H9N/c1-3-9-25-13-21(29)27-15-5-7-17-19(11-15)24(32)20-12-16(6-8-18(20)23(17)31)28-22(30)14-26-10-4-2;19-7-15(23)21-9-1-3-11-13(5-9)18(26)14-6-10(22-16(24)8-20)2-4-12(14)17(11)25;1-2-3-4/h5-8,11-12,25-26H,3-4,9-10,13-14H2,1-2H3,(H,27,29)(H,28,30);1-6H,7-8H2,(H,21,23)(H,22,24);2-4H2,1H3. The van der Waals surface area contributed by atoms with Crippen molar-refractivity contribution in [2.24, 2.45) is 5.73 Å². The first kappa shape index (κ1) is 48.6. The lowest BCUT2D eigenvalue weighted by atomic mass is 9.83. The molecule has 17 heteroatoms. The van der Waals surface area contributed by atoms with E-state index in [1.807, 2.05) is 13.8 Å². The van der Waals surface area contributed by atoms with Gasteiger partial charge in [0.05, 0.1) is 13.1 Å². The van der Waals surface area contributed by atoms with E-state index in [0.29, 0.717) is 33.9 Å². The van der Waals surface area contributed by atoms with Gasteiger partial charge in [-0.15, -0.1) is 23.2 Å². The van der Waals surface area contributed by atoms with Gasteiger partial charge in [-0.3, -0.25) is 38.4 Å². The summed E-state index contributed by atoms with van der Waals surface area (Å²) in [6.07, 6.45) is 2.93. The van der Waals surface area contributed by atoms with Gasteiger partial charge >= 0.3 is 0 Å². The molecule has 62 heavy (non-hydrogen) atoms. The lowest BCUT2D eigenvalue weighted by Crippen LogP contribution is -2.29. The van der Waals surface area contributed by atoms with Crippen molar-refractivity contribution in [2.75, 3.05) is 65.8 Å². The molecule has 0 aromatic heterocycles. The summed E-state index contributed by atoms with van der Waals surface area (Å²) < 4.78 is 0. The molecule has 4 aromatic rings. The summed E-state index contributed by atoms with van der Waals surface area (Å²) in [6, 6.07) is 18.3. The molecule has 0 fully saturated rings. The number of alkyl halides is 2. The summed E-state index contributed by atoms with van der Waals surface area (Å²) >= 11 is 10.9. The quantitative estimate of drug-likeness (QED) is 0.0502. The highest BCUT2D eigenvalue weighted by Crippen LogP contribution is 2.32. The minimum absolute atomic E-state index is 0.163. The second kappa shape index (κ2) is 23.8. The molecule has 6 rings (SSSR count). The maximum atomic E-state index is 13.1. The minimum Gasteiger partial charge on any atom is -0.330 e. The molecule has 4 amide bonds. The molecule has 0 heterocycles. The van der Waals surface area contributed by atoms with Gasteiger partial charge < -0.3 is 37.6 Å². The zero-order valence-corrected chi connectivity index (χ0v) is 36.1. The Morgan fingerprint density at radius 2 is 0.694 bits per heavy atom. The van der Waals surface area contributed by atoms with Gasteiger partial charge in [0.15, 0.2) is 23.1 Å². The zero-order chi connectivity index (χ0) is 45.3. The highest BCUT2D eigenvalue weighted by atomic mass is 35.5. The molecule has 0 aliphatic heterocycles. The molecule has 0 atom stereocenters. The van der Waals surface area contributed by atoms with Crippen LogP contribution in [0.1, 0.15) is 104 Å². The maximum Gasteiger partial charge on any atom is 0.239 e. The van der Waals surface area contributed by atoms with Crippen LogP contribution in [0.2, 0.25) is 0 Å².